The van der Waals surface area contributed by atoms with E-state index in [9.17, 15) is 10.1 Å². The summed E-state index contributed by atoms with van der Waals surface area (Å²) in [5.41, 5.74) is 2.52. The second-order valence-electron chi connectivity index (χ2n) is 6.61. The van der Waals surface area contributed by atoms with E-state index in [4.69, 9.17) is 0 Å². The number of non-ortho nitro benzene ring substituents is 1. The molecular formula is C16H25N3O2. The molecule has 0 bridgehead atoms. The zero-order chi connectivity index (χ0) is 15.5. The fourth-order valence-corrected chi connectivity index (χ4v) is 3.11. The van der Waals surface area contributed by atoms with E-state index in [1.165, 1.54) is 12.8 Å². The molecule has 0 amide bonds. The van der Waals surface area contributed by atoms with Crippen LogP contribution in [0.4, 0.5) is 11.4 Å². The molecule has 1 aliphatic heterocycles. The number of rotatable bonds is 5. The molecule has 1 fully saturated rings. The molecule has 1 saturated heterocycles. The normalized spacial score (nSPS) is 18.4. The van der Waals surface area contributed by atoms with Gasteiger partial charge >= 0.3 is 0 Å². The number of nitrogens with zero attached hydrogens (tertiary/aromatic N) is 2. The predicted octanol–water partition coefficient (Wildman–Crippen LogP) is 3.65. The van der Waals surface area contributed by atoms with Gasteiger partial charge < -0.3 is 5.32 Å². The Morgan fingerprint density at radius 3 is 2.81 bits per heavy atom. The highest BCUT2D eigenvalue weighted by Gasteiger charge is 2.26. The first-order valence-electron chi connectivity index (χ1n) is 7.65. The van der Waals surface area contributed by atoms with Gasteiger partial charge in [0.2, 0.25) is 0 Å². The molecule has 116 valence electrons. The molecule has 5 heteroatoms. The molecule has 5 nitrogen and oxygen atoms in total. The summed E-state index contributed by atoms with van der Waals surface area (Å²) in [5, 5.41) is 14.3. The second kappa shape index (κ2) is 6.43. The summed E-state index contributed by atoms with van der Waals surface area (Å²) < 4.78 is 0. The Hall–Kier alpha value is -1.62. The third-order valence-corrected chi connectivity index (χ3v) is 4.04. The summed E-state index contributed by atoms with van der Waals surface area (Å²) in [7, 11) is 0. The second-order valence-corrected chi connectivity index (χ2v) is 6.61. The van der Waals surface area contributed by atoms with Crippen LogP contribution < -0.4 is 5.32 Å². The molecule has 0 radical (unpaired) electrons. The third-order valence-electron chi connectivity index (χ3n) is 4.04. The van der Waals surface area contributed by atoms with Gasteiger partial charge in [-0.1, -0.05) is 13.8 Å². The minimum atomic E-state index is -0.320. The Bertz CT molecular complexity index is 514. The zero-order valence-electron chi connectivity index (χ0n) is 13.2. The van der Waals surface area contributed by atoms with E-state index in [1.54, 1.807) is 12.1 Å². The lowest BCUT2D eigenvalue weighted by Crippen LogP contribution is -2.39. The van der Waals surface area contributed by atoms with E-state index in [2.05, 4.69) is 24.1 Å². The summed E-state index contributed by atoms with van der Waals surface area (Å²) >= 11 is 0. The SMILES string of the molecule is CCNc1ccc([N+](=O)[O-])cc1CN1CCCC(C)(C)C1. The smallest absolute Gasteiger partial charge is 0.269 e. The lowest BCUT2D eigenvalue weighted by molar-refractivity contribution is -0.384. The van der Waals surface area contributed by atoms with Crippen molar-refractivity contribution in [3.05, 3.63) is 33.9 Å². The number of piperidine rings is 1. The molecular weight excluding hydrogens is 266 g/mol. The number of likely N-dealkylation sites (tertiary alicyclic amines) is 1. The number of nitro groups is 1. The number of hydrogen-bond acceptors (Lipinski definition) is 4. The van der Waals surface area contributed by atoms with Gasteiger partial charge in [-0.25, -0.2) is 0 Å². The van der Waals surface area contributed by atoms with Gasteiger partial charge in [0.1, 0.15) is 0 Å². The molecule has 1 aromatic rings. The summed E-state index contributed by atoms with van der Waals surface area (Å²) in [6.45, 7) is 10.3. The van der Waals surface area contributed by atoms with Crippen LogP contribution in [0.3, 0.4) is 0 Å². The van der Waals surface area contributed by atoms with Gasteiger partial charge in [0, 0.05) is 37.5 Å². The Balaban J connectivity index is 2.20. The molecule has 0 unspecified atom stereocenters. The van der Waals surface area contributed by atoms with Crippen molar-refractivity contribution in [2.24, 2.45) is 5.41 Å². The summed E-state index contributed by atoms with van der Waals surface area (Å²) in [6.07, 6.45) is 2.44. The van der Waals surface area contributed by atoms with E-state index >= 15 is 0 Å². The van der Waals surface area contributed by atoms with Gasteiger partial charge in [0.25, 0.3) is 5.69 Å². The third kappa shape index (κ3) is 4.17. The van der Waals surface area contributed by atoms with Gasteiger partial charge in [-0.15, -0.1) is 0 Å². The molecule has 1 aromatic carbocycles. The van der Waals surface area contributed by atoms with Crippen molar-refractivity contribution < 1.29 is 4.92 Å². The first kappa shape index (κ1) is 15.8. The van der Waals surface area contributed by atoms with Crippen LogP contribution in [0.15, 0.2) is 18.2 Å². The number of benzene rings is 1. The number of nitrogens with one attached hydrogen (secondary N) is 1. The lowest BCUT2D eigenvalue weighted by atomic mass is 9.84. The molecule has 1 aliphatic rings. The Morgan fingerprint density at radius 1 is 1.43 bits per heavy atom. The van der Waals surface area contributed by atoms with Crippen molar-refractivity contribution in [1.29, 1.82) is 0 Å². The molecule has 21 heavy (non-hydrogen) atoms. The fraction of sp³-hybridized carbons (Fsp3) is 0.625. The van der Waals surface area contributed by atoms with Crippen molar-refractivity contribution in [2.45, 2.75) is 40.2 Å². The molecule has 0 aromatic heterocycles. The monoisotopic (exact) mass is 291 g/mol. The number of hydrogen-bond donors (Lipinski definition) is 1. The maximum absolute atomic E-state index is 11.0. The van der Waals surface area contributed by atoms with Crippen LogP contribution in [0.5, 0.6) is 0 Å². The van der Waals surface area contributed by atoms with Gasteiger partial charge in [0.05, 0.1) is 4.92 Å². The fourth-order valence-electron chi connectivity index (χ4n) is 3.11. The highest BCUT2D eigenvalue weighted by atomic mass is 16.6. The average molecular weight is 291 g/mol. The Labute approximate surface area is 126 Å². The van der Waals surface area contributed by atoms with Crippen LogP contribution >= 0.6 is 0 Å². The molecule has 0 atom stereocenters. The maximum Gasteiger partial charge on any atom is 0.269 e. The largest absolute Gasteiger partial charge is 0.385 e. The summed E-state index contributed by atoms with van der Waals surface area (Å²) in [5.74, 6) is 0. The quantitative estimate of drug-likeness (QED) is 0.664. The van der Waals surface area contributed by atoms with E-state index in [-0.39, 0.29) is 10.6 Å². The summed E-state index contributed by atoms with van der Waals surface area (Å²) in [4.78, 5) is 13.1. The van der Waals surface area contributed by atoms with Crippen LogP contribution in [-0.2, 0) is 6.54 Å². The van der Waals surface area contributed by atoms with Crippen LogP contribution in [-0.4, -0.2) is 29.5 Å². The van der Waals surface area contributed by atoms with Gasteiger partial charge in [-0.05, 0) is 43.4 Å². The zero-order valence-corrected chi connectivity index (χ0v) is 13.2. The average Bonchev–Trinajstić information content (AvgIpc) is 2.39. The van der Waals surface area contributed by atoms with Crippen LogP contribution in [0.2, 0.25) is 0 Å². The van der Waals surface area contributed by atoms with Gasteiger partial charge in [0.15, 0.2) is 0 Å². The topological polar surface area (TPSA) is 58.4 Å². The van der Waals surface area contributed by atoms with E-state index in [1.807, 2.05) is 13.0 Å². The van der Waals surface area contributed by atoms with Crippen LogP contribution in [0.25, 0.3) is 0 Å². The molecule has 0 spiro atoms. The van der Waals surface area contributed by atoms with E-state index in [0.29, 0.717) is 5.41 Å². The first-order valence-corrected chi connectivity index (χ1v) is 7.65. The van der Waals surface area contributed by atoms with Gasteiger partial charge in [-0.2, -0.15) is 0 Å². The number of nitro benzene ring substituents is 1. The number of anilines is 1. The molecule has 1 N–H and O–H groups in total. The molecule has 0 saturated carbocycles. The maximum atomic E-state index is 11.0. The van der Waals surface area contributed by atoms with E-state index < -0.39 is 0 Å². The van der Waals surface area contributed by atoms with Gasteiger partial charge in [-0.3, -0.25) is 15.0 Å². The van der Waals surface area contributed by atoms with Crippen molar-refractivity contribution in [3.8, 4) is 0 Å². The molecule has 0 aliphatic carbocycles. The van der Waals surface area contributed by atoms with Crippen LogP contribution in [0.1, 0.15) is 39.2 Å². The first-order chi connectivity index (χ1) is 9.91. The van der Waals surface area contributed by atoms with E-state index in [0.717, 1.165) is 37.4 Å². The minimum absolute atomic E-state index is 0.169. The highest BCUT2D eigenvalue weighted by molar-refractivity contribution is 5.56. The highest BCUT2D eigenvalue weighted by Crippen LogP contribution is 2.31. The van der Waals surface area contributed by atoms with Crippen molar-refractivity contribution in [3.63, 3.8) is 0 Å². The summed E-state index contributed by atoms with van der Waals surface area (Å²) in [6, 6.07) is 5.10. The molecule has 2 rings (SSSR count). The van der Waals surface area contributed by atoms with Crippen LogP contribution in [0, 0.1) is 15.5 Å². The van der Waals surface area contributed by atoms with Crippen molar-refractivity contribution >= 4 is 11.4 Å². The minimum Gasteiger partial charge on any atom is -0.385 e. The Kier molecular flexibility index (Phi) is 4.83. The standard InChI is InChI=1S/C16H25N3O2/c1-4-17-15-7-6-14(19(20)21)10-13(15)11-18-9-5-8-16(2,3)12-18/h6-7,10,17H,4-5,8-9,11-12H2,1-3H3. The molecule has 1 heterocycles. The Morgan fingerprint density at radius 2 is 2.19 bits per heavy atom. The van der Waals surface area contributed by atoms with Crippen molar-refractivity contribution in [1.82, 2.24) is 4.90 Å². The lowest BCUT2D eigenvalue weighted by Gasteiger charge is -2.38. The predicted molar refractivity (Wildman–Crippen MR) is 85.6 cm³/mol. The van der Waals surface area contributed by atoms with Crippen molar-refractivity contribution in [2.75, 3.05) is 25.0 Å².